The Hall–Kier alpha value is -1.40. The number of hydrogen-bond acceptors (Lipinski definition) is 7. The van der Waals surface area contributed by atoms with Crippen molar-refractivity contribution in [2.45, 2.75) is 170 Å². The molecule has 2 rings (SSSR count). The number of nitrogens with zero attached hydrogens (tertiary/aromatic N) is 1. The zero-order valence-corrected chi connectivity index (χ0v) is 35.4. The van der Waals surface area contributed by atoms with E-state index >= 15 is 0 Å². The molecule has 1 aromatic rings. The van der Waals surface area contributed by atoms with E-state index in [4.69, 9.17) is 13.6 Å². The van der Waals surface area contributed by atoms with Crippen molar-refractivity contribution in [3.05, 3.63) is 33.8 Å². The first-order chi connectivity index (χ1) is 21.3. The molecule has 47 heavy (non-hydrogen) atoms. The molecule has 0 spiro atoms. The Labute approximate surface area is 293 Å². The van der Waals surface area contributed by atoms with Gasteiger partial charge in [0.05, 0.1) is 29.3 Å². The highest BCUT2D eigenvalue weighted by atomic mass is 32.1. The number of cyclic esters (lactones) is 1. The van der Waals surface area contributed by atoms with E-state index < -0.39 is 34.3 Å². The minimum Gasteiger partial charge on any atom is -0.457 e. The van der Waals surface area contributed by atoms with E-state index in [-0.39, 0.29) is 46.2 Å². The molecule has 9 heteroatoms. The molecule has 0 N–H and O–H groups in total. The van der Waals surface area contributed by atoms with Gasteiger partial charge in [-0.1, -0.05) is 81.4 Å². The van der Waals surface area contributed by atoms with Crippen molar-refractivity contribution >= 4 is 45.8 Å². The van der Waals surface area contributed by atoms with Crippen LogP contribution in [-0.4, -0.2) is 51.7 Å². The van der Waals surface area contributed by atoms with Crippen molar-refractivity contribution < 1.29 is 23.2 Å². The first-order valence-electron chi connectivity index (χ1n) is 17.6. The van der Waals surface area contributed by atoms with Gasteiger partial charge in [0.25, 0.3) is 0 Å². The number of Topliss-reactive ketones (excluding diaryl/α,β-unsaturated/α-hetero) is 1. The highest BCUT2D eigenvalue weighted by Gasteiger charge is 2.50. The number of ether oxygens (including phenoxy) is 1. The van der Waals surface area contributed by atoms with Crippen LogP contribution in [0.25, 0.3) is 6.08 Å². The zero-order valence-electron chi connectivity index (χ0n) is 32.6. The van der Waals surface area contributed by atoms with E-state index in [0.717, 1.165) is 35.5 Å². The fourth-order valence-electron chi connectivity index (χ4n) is 5.62. The molecule has 0 saturated heterocycles. The molecule has 1 aromatic heterocycles. The maximum Gasteiger partial charge on any atom is 0.309 e. The Kier molecular flexibility index (Phi) is 14.3. The molecule has 2 heterocycles. The largest absolute Gasteiger partial charge is 0.457 e. The third-order valence-electron chi connectivity index (χ3n) is 11.1. The third-order valence-corrected chi connectivity index (χ3v) is 20.8. The molecular weight excluding hydrogens is 639 g/mol. The number of thiazole rings is 1. The number of aryl methyl sites for hydroxylation is 1. The Morgan fingerprint density at radius 1 is 1.00 bits per heavy atom. The Balaban J connectivity index is 2.62. The number of aromatic nitrogens is 1. The van der Waals surface area contributed by atoms with Crippen molar-refractivity contribution in [3.63, 3.8) is 0 Å². The van der Waals surface area contributed by atoms with Gasteiger partial charge < -0.3 is 13.6 Å². The zero-order chi connectivity index (χ0) is 36.2. The van der Waals surface area contributed by atoms with Crippen molar-refractivity contribution in [1.82, 2.24) is 4.98 Å². The average Bonchev–Trinajstić information content (AvgIpc) is 3.33. The van der Waals surface area contributed by atoms with Gasteiger partial charge in [-0.15, -0.1) is 11.3 Å². The predicted molar refractivity (Wildman–Crippen MR) is 204 cm³/mol. The number of carbonyl (C=O) groups excluding carboxylic acids is 2. The van der Waals surface area contributed by atoms with Crippen LogP contribution >= 0.6 is 11.3 Å². The Morgan fingerprint density at radius 2 is 1.57 bits per heavy atom. The monoisotopic (exact) mass is 705 g/mol. The highest BCUT2D eigenvalue weighted by Crippen LogP contribution is 2.44. The lowest BCUT2D eigenvalue weighted by atomic mass is 9.73. The number of rotatable bonds is 6. The first kappa shape index (κ1) is 41.8. The van der Waals surface area contributed by atoms with E-state index in [0.29, 0.717) is 6.42 Å². The van der Waals surface area contributed by atoms with Gasteiger partial charge in [-0.25, -0.2) is 4.98 Å². The van der Waals surface area contributed by atoms with E-state index in [1.165, 1.54) is 0 Å². The maximum atomic E-state index is 14.8. The minimum absolute atomic E-state index is 0.00455. The van der Waals surface area contributed by atoms with Gasteiger partial charge in [-0.3, -0.25) is 9.59 Å². The molecule has 268 valence electrons. The van der Waals surface area contributed by atoms with Gasteiger partial charge in [-0.05, 0) is 86.9 Å². The SMILES string of the molecule is C/C(=C/c1csc(C)n1)[C@@H]1C/C=C/CCC[C@H](C)[C@H](O[Si](C)(C)C(C)(C)C)[C@@H](C)C(=O)C(C)(C)[C@@H](O[Si](C)(C)C(C)(C)C)CC(=O)O1. The summed E-state index contributed by atoms with van der Waals surface area (Å²) in [5, 5.41) is 2.94. The minimum atomic E-state index is -2.38. The molecule has 1 aliphatic rings. The van der Waals surface area contributed by atoms with Crippen LogP contribution in [0.3, 0.4) is 0 Å². The summed E-state index contributed by atoms with van der Waals surface area (Å²) < 4.78 is 20.4. The lowest BCUT2D eigenvalue weighted by molar-refractivity contribution is -0.153. The summed E-state index contributed by atoms with van der Waals surface area (Å²) in [6.45, 7) is 34.4. The van der Waals surface area contributed by atoms with Gasteiger partial charge in [0.1, 0.15) is 11.9 Å². The summed E-state index contributed by atoms with van der Waals surface area (Å²) in [7, 11) is -4.57. The molecule has 1 aliphatic heterocycles. The summed E-state index contributed by atoms with van der Waals surface area (Å²) in [6.07, 6.45) is 8.53. The molecule has 0 bridgehead atoms. The molecule has 0 aliphatic carbocycles. The van der Waals surface area contributed by atoms with Crippen molar-refractivity contribution in [3.8, 4) is 0 Å². The number of carbonyl (C=O) groups is 2. The van der Waals surface area contributed by atoms with Crippen LogP contribution in [0.5, 0.6) is 0 Å². The number of ketones is 1. The van der Waals surface area contributed by atoms with Crippen LogP contribution < -0.4 is 0 Å². The highest BCUT2D eigenvalue weighted by molar-refractivity contribution is 7.09. The average molecular weight is 706 g/mol. The van der Waals surface area contributed by atoms with Crippen LogP contribution in [-0.2, 0) is 23.2 Å². The van der Waals surface area contributed by atoms with E-state index in [9.17, 15) is 9.59 Å². The summed E-state index contributed by atoms with van der Waals surface area (Å²) in [5.74, 6) is -0.427. The molecule has 0 amide bonds. The summed E-state index contributed by atoms with van der Waals surface area (Å²) in [4.78, 5) is 33.3. The second-order valence-corrected chi connectivity index (χ2v) is 28.1. The molecule has 5 atom stereocenters. The van der Waals surface area contributed by atoms with Gasteiger partial charge >= 0.3 is 5.97 Å². The summed E-state index contributed by atoms with van der Waals surface area (Å²) in [5.41, 5.74) is 0.873. The van der Waals surface area contributed by atoms with Crippen molar-refractivity contribution in [2.75, 3.05) is 0 Å². The van der Waals surface area contributed by atoms with Crippen LogP contribution in [0.15, 0.2) is 23.1 Å². The van der Waals surface area contributed by atoms with Crippen LogP contribution in [0.2, 0.25) is 36.3 Å². The first-order valence-corrected chi connectivity index (χ1v) is 24.3. The Bertz CT molecular complexity index is 1270. The molecule has 6 nitrogen and oxygen atoms in total. The standard InChI is InChI=1S/C38H67NO5SSi2/c1-26-21-19-17-18-20-22-31(27(2)23-30-25-45-29(4)39-30)42-33(40)24-32(43-46(13,14)36(5,6)7)38(11,12)35(41)28(3)34(26)44-47(15,16)37(8,9)10/h18,20,23,25-26,28,31-32,34H,17,19,21-22,24H2,1-16H3/b20-18+,27-23-/t26-,28+,31-,32-,34-/m0/s1. The van der Waals surface area contributed by atoms with E-state index in [1.54, 1.807) is 11.3 Å². The van der Waals surface area contributed by atoms with Gasteiger partial charge in [-0.2, -0.15) is 0 Å². The maximum absolute atomic E-state index is 14.8. The van der Waals surface area contributed by atoms with E-state index in [1.807, 2.05) is 46.1 Å². The lowest BCUT2D eigenvalue weighted by Crippen LogP contribution is -2.54. The molecular formula is C38H67NO5SSi2. The molecule has 0 saturated carbocycles. The van der Waals surface area contributed by atoms with Gasteiger partial charge in [0, 0.05) is 23.1 Å². The smallest absolute Gasteiger partial charge is 0.309 e. The second kappa shape index (κ2) is 16.1. The Morgan fingerprint density at radius 3 is 2.11 bits per heavy atom. The molecule has 0 aromatic carbocycles. The van der Waals surface area contributed by atoms with Crippen molar-refractivity contribution in [1.29, 1.82) is 0 Å². The fourth-order valence-corrected chi connectivity index (χ4v) is 9.10. The molecule has 0 fully saturated rings. The quantitative estimate of drug-likeness (QED) is 0.167. The normalized spacial score (nSPS) is 27.4. The van der Waals surface area contributed by atoms with Crippen molar-refractivity contribution in [2.24, 2.45) is 17.3 Å². The lowest BCUT2D eigenvalue weighted by Gasteiger charge is -2.46. The van der Waals surface area contributed by atoms with Gasteiger partial charge in [0.2, 0.25) is 0 Å². The number of esters is 1. The van der Waals surface area contributed by atoms with Crippen LogP contribution in [0.4, 0.5) is 0 Å². The number of allylic oxidation sites excluding steroid dienone is 1. The van der Waals surface area contributed by atoms with Crippen LogP contribution in [0.1, 0.15) is 119 Å². The predicted octanol–water partition coefficient (Wildman–Crippen LogP) is 10.9. The topological polar surface area (TPSA) is 74.7 Å². The fraction of sp³-hybridized carbons (Fsp3) is 0.763. The number of hydrogen-bond donors (Lipinski definition) is 0. The molecule has 0 unspecified atom stereocenters. The van der Waals surface area contributed by atoms with E-state index in [2.05, 4.69) is 91.8 Å². The van der Waals surface area contributed by atoms with Crippen LogP contribution in [0, 0.1) is 24.2 Å². The second-order valence-electron chi connectivity index (χ2n) is 17.6. The molecule has 0 radical (unpaired) electrons. The summed E-state index contributed by atoms with van der Waals surface area (Å²) >= 11 is 1.60. The van der Waals surface area contributed by atoms with Gasteiger partial charge in [0.15, 0.2) is 16.6 Å². The third kappa shape index (κ3) is 11.3. The summed E-state index contributed by atoms with van der Waals surface area (Å²) in [6, 6.07) is 0.